The number of benzene rings is 2. The van der Waals surface area contributed by atoms with Gasteiger partial charge >= 0.3 is 6.18 Å². The third-order valence-electron chi connectivity index (χ3n) is 5.42. The van der Waals surface area contributed by atoms with Crippen LogP contribution in [0.1, 0.15) is 20.7 Å². The highest BCUT2D eigenvalue weighted by atomic mass is 35.5. The molecule has 2 amide bonds. The molecule has 0 saturated heterocycles. The second-order valence-electron chi connectivity index (χ2n) is 7.37. The molecule has 0 aromatic heterocycles. The molecule has 2 aromatic rings. The Labute approximate surface area is 193 Å². The van der Waals surface area contributed by atoms with Gasteiger partial charge in [0.15, 0.2) is 6.23 Å². The highest BCUT2D eigenvalue weighted by molar-refractivity contribution is 6.40. The Bertz CT molecular complexity index is 1270. The number of alkyl halides is 3. The zero-order valence-electron chi connectivity index (χ0n) is 17.0. The van der Waals surface area contributed by atoms with Gasteiger partial charge in [-0.05, 0) is 30.3 Å². The van der Waals surface area contributed by atoms with Crippen LogP contribution in [0.3, 0.4) is 0 Å². The summed E-state index contributed by atoms with van der Waals surface area (Å²) in [6, 6.07) is 7.09. The van der Waals surface area contributed by atoms with Crippen molar-refractivity contribution in [3.63, 3.8) is 0 Å². The first-order valence-corrected chi connectivity index (χ1v) is 9.84. The summed E-state index contributed by atoms with van der Waals surface area (Å²) in [5.41, 5.74) is -2.85. The number of nitrogens with zero attached hydrogens (tertiary/aromatic N) is 4. The van der Waals surface area contributed by atoms with Crippen molar-refractivity contribution in [3.05, 3.63) is 74.4 Å². The second-order valence-corrected chi connectivity index (χ2v) is 7.77. The monoisotopic (exact) mass is 498 g/mol. The highest BCUT2D eigenvalue weighted by Gasteiger charge is 2.45. The van der Waals surface area contributed by atoms with E-state index >= 15 is 0 Å². The molecule has 0 fully saturated rings. The maximum atomic E-state index is 13.2. The van der Waals surface area contributed by atoms with Crippen LogP contribution in [-0.4, -0.2) is 57.7 Å². The summed E-state index contributed by atoms with van der Waals surface area (Å²) in [7, 11) is 0.961. The molecule has 4 rings (SSSR count). The molecule has 2 N–H and O–H groups in total. The van der Waals surface area contributed by atoms with Gasteiger partial charge < -0.3 is 15.1 Å². The highest BCUT2D eigenvalue weighted by Crippen LogP contribution is 2.41. The molecule has 34 heavy (non-hydrogen) atoms. The summed E-state index contributed by atoms with van der Waals surface area (Å²) >= 11 is 6.18. The fourth-order valence-corrected chi connectivity index (χ4v) is 4.04. The summed E-state index contributed by atoms with van der Waals surface area (Å²) in [4.78, 5) is 38.3. The van der Waals surface area contributed by atoms with Crippen molar-refractivity contribution in [1.82, 2.24) is 4.90 Å². The van der Waals surface area contributed by atoms with Crippen LogP contribution in [0.4, 0.5) is 30.2 Å². The largest absolute Gasteiger partial charge is 0.431 e. The molecule has 2 aliphatic heterocycles. The first kappa shape index (κ1) is 23.5. The first-order chi connectivity index (χ1) is 15.8. The normalized spacial score (nSPS) is 20.6. The minimum absolute atomic E-state index is 0.0882. The van der Waals surface area contributed by atoms with Crippen LogP contribution >= 0.6 is 11.6 Å². The standard InChI is InChI=1S/C20H14ClF3N4O6/c1-25-14(20(22,23)24)8-15(29)26(19(25)32)9-5-6-11(21)13(7-9)27-17(30)10-3-2-4-12(28(33)34)16(10)18(27)31/h2-8,15,19,29,32H,1H3. The fraction of sp³-hybridized carbons (Fsp3) is 0.200. The van der Waals surface area contributed by atoms with E-state index in [2.05, 4.69) is 0 Å². The number of aliphatic hydroxyl groups is 2. The van der Waals surface area contributed by atoms with E-state index in [4.69, 9.17) is 11.6 Å². The van der Waals surface area contributed by atoms with Crippen LogP contribution in [0.5, 0.6) is 0 Å². The Morgan fingerprint density at radius 3 is 2.41 bits per heavy atom. The minimum Gasteiger partial charge on any atom is -0.370 e. The quantitative estimate of drug-likeness (QED) is 0.376. The van der Waals surface area contributed by atoms with E-state index in [1.54, 1.807) is 0 Å². The predicted molar refractivity (Wildman–Crippen MR) is 112 cm³/mol. The number of hydrogen-bond acceptors (Lipinski definition) is 8. The summed E-state index contributed by atoms with van der Waals surface area (Å²) in [6.45, 7) is 0. The number of rotatable bonds is 3. The summed E-state index contributed by atoms with van der Waals surface area (Å²) in [6.07, 6.45) is -8.27. The molecule has 2 unspecified atom stereocenters. The third kappa shape index (κ3) is 3.54. The Kier molecular flexibility index (Phi) is 5.50. The number of hydrogen-bond donors (Lipinski definition) is 2. The number of halogens is 4. The smallest absolute Gasteiger partial charge is 0.370 e. The van der Waals surface area contributed by atoms with Gasteiger partial charge in [0.1, 0.15) is 11.3 Å². The molecule has 14 heteroatoms. The van der Waals surface area contributed by atoms with Crippen LogP contribution < -0.4 is 9.80 Å². The Balaban J connectivity index is 1.78. The van der Waals surface area contributed by atoms with E-state index in [1.807, 2.05) is 0 Å². The number of carbonyl (C=O) groups is 2. The molecule has 0 bridgehead atoms. The van der Waals surface area contributed by atoms with Gasteiger partial charge in [-0.2, -0.15) is 13.2 Å². The average molecular weight is 499 g/mol. The van der Waals surface area contributed by atoms with Crippen molar-refractivity contribution >= 4 is 40.5 Å². The van der Waals surface area contributed by atoms with E-state index in [9.17, 15) is 43.1 Å². The van der Waals surface area contributed by atoms with Crippen molar-refractivity contribution in [2.24, 2.45) is 0 Å². The van der Waals surface area contributed by atoms with Crippen LogP contribution in [0, 0.1) is 10.1 Å². The number of amides is 2. The number of allylic oxidation sites excluding steroid dienone is 1. The molecule has 0 spiro atoms. The van der Waals surface area contributed by atoms with Gasteiger partial charge in [-0.1, -0.05) is 17.7 Å². The van der Waals surface area contributed by atoms with Crippen LogP contribution in [0.15, 0.2) is 48.2 Å². The van der Waals surface area contributed by atoms with E-state index < -0.39 is 52.4 Å². The maximum Gasteiger partial charge on any atom is 0.431 e. The van der Waals surface area contributed by atoms with Gasteiger partial charge in [0, 0.05) is 18.8 Å². The number of fused-ring (bicyclic) bond motifs is 1. The van der Waals surface area contributed by atoms with E-state index in [0.29, 0.717) is 15.9 Å². The lowest BCUT2D eigenvalue weighted by Crippen LogP contribution is -2.56. The van der Waals surface area contributed by atoms with Crippen molar-refractivity contribution in [3.8, 4) is 0 Å². The molecule has 0 saturated carbocycles. The van der Waals surface area contributed by atoms with Gasteiger partial charge in [-0.3, -0.25) is 24.6 Å². The number of nitro groups is 1. The number of anilines is 2. The van der Waals surface area contributed by atoms with E-state index in [1.165, 1.54) is 24.3 Å². The Morgan fingerprint density at radius 2 is 1.79 bits per heavy atom. The van der Waals surface area contributed by atoms with Gasteiger partial charge in [-0.25, -0.2) is 4.90 Å². The molecule has 2 aromatic carbocycles. The molecule has 10 nitrogen and oxygen atoms in total. The van der Waals surface area contributed by atoms with Crippen molar-refractivity contribution in [2.75, 3.05) is 16.8 Å². The van der Waals surface area contributed by atoms with E-state index in [-0.39, 0.29) is 22.0 Å². The number of nitro benzene ring substituents is 1. The summed E-state index contributed by atoms with van der Waals surface area (Å²) < 4.78 is 39.6. The predicted octanol–water partition coefficient (Wildman–Crippen LogP) is 2.84. The van der Waals surface area contributed by atoms with Crippen molar-refractivity contribution in [1.29, 1.82) is 0 Å². The number of aliphatic hydroxyl groups excluding tert-OH is 2. The second kappa shape index (κ2) is 7.97. The third-order valence-corrected chi connectivity index (χ3v) is 5.74. The lowest BCUT2D eigenvalue weighted by atomic mass is 10.1. The molecule has 2 aliphatic rings. The number of imide groups is 1. The van der Waals surface area contributed by atoms with Gasteiger partial charge in [-0.15, -0.1) is 0 Å². The average Bonchev–Trinajstić information content (AvgIpc) is 3.01. The van der Waals surface area contributed by atoms with Crippen LogP contribution in [0.25, 0.3) is 0 Å². The molecular weight excluding hydrogens is 485 g/mol. The molecule has 0 radical (unpaired) electrons. The SMILES string of the molecule is CN1C(C(F)(F)F)=CC(O)N(c2ccc(Cl)c(N3C(=O)c4cccc([N+](=O)[O-])c4C3=O)c2)C1O. The van der Waals surface area contributed by atoms with Crippen molar-refractivity contribution in [2.45, 2.75) is 18.8 Å². The minimum atomic E-state index is -4.84. The van der Waals surface area contributed by atoms with Crippen molar-refractivity contribution < 1.29 is 37.9 Å². The first-order valence-electron chi connectivity index (χ1n) is 9.46. The summed E-state index contributed by atoms with van der Waals surface area (Å²) in [5.74, 6) is -1.93. The molecular formula is C20H14ClF3N4O6. The maximum absolute atomic E-state index is 13.2. The fourth-order valence-electron chi connectivity index (χ4n) is 3.84. The topological polar surface area (TPSA) is 127 Å². The zero-order chi connectivity index (χ0) is 25.1. The molecule has 178 valence electrons. The van der Waals surface area contributed by atoms with Gasteiger partial charge in [0.05, 0.1) is 21.2 Å². The van der Waals surface area contributed by atoms with E-state index in [0.717, 1.165) is 24.1 Å². The molecule has 0 aliphatic carbocycles. The molecule has 2 heterocycles. The lowest BCUT2D eigenvalue weighted by Gasteiger charge is -2.43. The number of carbonyl (C=O) groups excluding carboxylic acids is 2. The lowest BCUT2D eigenvalue weighted by molar-refractivity contribution is -0.385. The van der Waals surface area contributed by atoms with Crippen LogP contribution in [-0.2, 0) is 0 Å². The molecule has 2 atom stereocenters. The Morgan fingerprint density at radius 1 is 1.12 bits per heavy atom. The zero-order valence-corrected chi connectivity index (χ0v) is 17.8. The van der Waals surface area contributed by atoms with Gasteiger partial charge in [0.25, 0.3) is 17.5 Å². The van der Waals surface area contributed by atoms with Gasteiger partial charge in [0.2, 0.25) is 6.35 Å². The van der Waals surface area contributed by atoms with Crippen LogP contribution in [0.2, 0.25) is 5.02 Å². The Hall–Kier alpha value is -3.68. The summed E-state index contributed by atoms with van der Waals surface area (Å²) in [5, 5.41) is 32.0.